The lowest BCUT2D eigenvalue weighted by Gasteiger charge is -2.50. The van der Waals surface area contributed by atoms with Gasteiger partial charge in [-0.1, -0.05) is 29.8 Å². The van der Waals surface area contributed by atoms with E-state index in [0.29, 0.717) is 9.30 Å². The average Bonchev–Trinajstić information content (AvgIpc) is 2.30. The van der Waals surface area contributed by atoms with E-state index in [1.54, 1.807) is 6.07 Å². The van der Waals surface area contributed by atoms with Gasteiger partial charge in [0.25, 0.3) is 0 Å². The van der Waals surface area contributed by atoms with E-state index in [2.05, 4.69) is 45.7 Å². The summed E-state index contributed by atoms with van der Waals surface area (Å²) in [7, 11) is 0. The topological polar surface area (TPSA) is 9.23 Å². The van der Waals surface area contributed by atoms with Crippen LogP contribution in [0.3, 0.4) is 0 Å². The standard InChI is InChI=1S/C13H15Br2FO/c1-3-13(2)11(15)7-12(13)17-10-5-4-8(16)6-9(10)14/h4-6,11-12H,3,7H2,1-2H3. The first-order valence-electron chi connectivity index (χ1n) is 5.73. The Morgan fingerprint density at radius 1 is 1.53 bits per heavy atom. The zero-order valence-corrected chi connectivity index (χ0v) is 13.0. The third kappa shape index (κ3) is 2.39. The molecule has 0 heterocycles. The minimum absolute atomic E-state index is 0.161. The normalized spacial score (nSPS) is 32.1. The molecule has 0 radical (unpaired) electrons. The maximum absolute atomic E-state index is 13.0. The molecule has 1 fully saturated rings. The van der Waals surface area contributed by atoms with Crippen LogP contribution in [0.4, 0.5) is 4.39 Å². The monoisotopic (exact) mass is 364 g/mol. The van der Waals surface area contributed by atoms with Gasteiger partial charge in [0.15, 0.2) is 0 Å². The first-order chi connectivity index (χ1) is 7.97. The third-order valence-corrected chi connectivity index (χ3v) is 5.84. The summed E-state index contributed by atoms with van der Waals surface area (Å²) in [6.07, 6.45) is 2.25. The highest BCUT2D eigenvalue weighted by molar-refractivity contribution is 9.10. The molecule has 1 aliphatic carbocycles. The smallest absolute Gasteiger partial charge is 0.134 e. The number of rotatable bonds is 3. The van der Waals surface area contributed by atoms with Crippen molar-refractivity contribution in [2.24, 2.45) is 5.41 Å². The molecule has 2 rings (SSSR count). The van der Waals surface area contributed by atoms with Crippen LogP contribution in [0.1, 0.15) is 26.7 Å². The minimum Gasteiger partial charge on any atom is -0.489 e. The van der Waals surface area contributed by atoms with Crippen molar-refractivity contribution in [1.82, 2.24) is 0 Å². The quantitative estimate of drug-likeness (QED) is 0.691. The predicted octanol–water partition coefficient (Wildman–Crippen LogP) is 4.92. The van der Waals surface area contributed by atoms with Crippen LogP contribution < -0.4 is 4.74 Å². The Labute approximate surface area is 118 Å². The van der Waals surface area contributed by atoms with Crippen LogP contribution >= 0.6 is 31.9 Å². The van der Waals surface area contributed by atoms with Crippen molar-refractivity contribution in [3.05, 3.63) is 28.5 Å². The lowest BCUT2D eigenvalue weighted by molar-refractivity contribution is -0.0248. The molecule has 4 heteroatoms. The number of alkyl halides is 1. The molecule has 94 valence electrons. The minimum atomic E-state index is -0.255. The van der Waals surface area contributed by atoms with Gasteiger partial charge < -0.3 is 4.74 Å². The zero-order valence-electron chi connectivity index (χ0n) is 9.84. The lowest BCUT2D eigenvalue weighted by atomic mass is 9.65. The molecule has 1 aromatic carbocycles. The molecule has 1 aliphatic rings. The van der Waals surface area contributed by atoms with E-state index in [9.17, 15) is 4.39 Å². The van der Waals surface area contributed by atoms with Crippen LogP contribution in [0, 0.1) is 11.2 Å². The van der Waals surface area contributed by atoms with Crippen molar-refractivity contribution in [3.63, 3.8) is 0 Å². The van der Waals surface area contributed by atoms with Crippen LogP contribution in [0.5, 0.6) is 5.75 Å². The largest absolute Gasteiger partial charge is 0.489 e. The van der Waals surface area contributed by atoms with Crippen molar-refractivity contribution in [2.75, 3.05) is 0 Å². The van der Waals surface area contributed by atoms with Gasteiger partial charge in [0, 0.05) is 10.2 Å². The molecular weight excluding hydrogens is 351 g/mol. The summed E-state index contributed by atoms with van der Waals surface area (Å²) in [5.41, 5.74) is 0.161. The van der Waals surface area contributed by atoms with Crippen molar-refractivity contribution < 1.29 is 9.13 Å². The Balaban J connectivity index is 2.12. The molecular formula is C13H15Br2FO. The van der Waals surface area contributed by atoms with Crippen molar-refractivity contribution in [2.45, 2.75) is 37.6 Å². The number of benzene rings is 1. The van der Waals surface area contributed by atoms with Gasteiger partial charge >= 0.3 is 0 Å². The van der Waals surface area contributed by atoms with E-state index >= 15 is 0 Å². The molecule has 0 N–H and O–H groups in total. The predicted molar refractivity (Wildman–Crippen MR) is 74.2 cm³/mol. The van der Waals surface area contributed by atoms with Gasteiger partial charge in [-0.2, -0.15) is 0 Å². The molecule has 0 aliphatic heterocycles. The SMILES string of the molecule is CCC1(C)C(Br)CC1Oc1ccc(F)cc1Br. The van der Waals surface area contributed by atoms with E-state index in [1.165, 1.54) is 12.1 Å². The Bertz CT molecular complexity index is 424. The number of hydrogen-bond acceptors (Lipinski definition) is 1. The highest BCUT2D eigenvalue weighted by atomic mass is 79.9. The van der Waals surface area contributed by atoms with Crippen LogP contribution in [0.25, 0.3) is 0 Å². The van der Waals surface area contributed by atoms with E-state index in [-0.39, 0.29) is 17.3 Å². The van der Waals surface area contributed by atoms with Gasteiger partial charge in [0.1, 0.15) is 17.7 Å². The highest BCUT2D eigenvalue weighted by Gasteiger charge is 2.51. The number of ether oxygens (including phenoxy) is 1. The molecule has 1 saturated carbocycles. The Hall–Kier alpha value is -0.0900. The van der Waals surface area contributed by atoms with Gasteiger partial charge in [-0.3, -0.25) is 0 Å². The summed E-state index contributed by atoms with van der Waals surface area (Å²) in [5, 5.41) is 0. The second-order valence-corrected chi connectivity index (χ2v) is 6.70. The molecule has 3 unspecified atom stereocenters. The molecule has 1 aromatic rings. The van der Waals surface area contributed by atoms with Gasteiger partial charge in [-0.25, -0.2) is 4.39 Å². The zero-order chi connectivity index (χ0) is 12.6. The summed E-state index contributed by atoms with van der Waals surface area (Å²) in [6.45, 7) is 4.39. The maximum Gasteiger partial charge on any atom is 0.134 e. The fraction of sp³-hybridized carbons (Fsp3) is 0.538. The first-order valence-corrected chi connectivity index (χ1v) is 7.44. The molecule has 0 aromatic heterocycles. The molecule has 17 heavy (non-hydrogen) atoms. The van der Waals surface area contributed by atoms with Crippen LogP contribution in [-0.4, -0.2) is 10.9 Å². The Kier molecular flexibility index (Phi) is 3.83. The molecule has 1 nitrogen and oxygen atoms in total. The number of halogens is 3. The average molecular weight is 366 g/mol. The molecule has 0 bridgehead atoms. The molecule has 0 spiro atoms. The summed E-state index contributed by atoms with van der Waals surface area (Å²) in [4.78, 5) is 0.504. The maximum atomic E-state index is 13.0. The van der Waals surface area contributed by atoms with E-state index in [4.69, 9.17) is 4.74 Å². The van der Waals surface area contributed by atoms with Crippen LogP contribution in [0.2, 0.25) is 0 Å². The Morgan fingerprint density at radius 2 is 2.24 bits per heavy atom. The molecule has 0 amide bonds. The van der Waals surface area contributed by atoms with Gasteiger partial charge in [0.2, 0.25) is 0 Å². The van der Waals surface area contributed by atoms with Crippen LogP contribution in [0.15, 0.2) is 22.7 Å². The van der Waals surface area contributed by atoms with Crippen molar-refractivity contribution in [1.29, 1.82) is 0 Å². The Morgan fingerprint density at radius 3 is 2.76 bits per heavy atom. The lowest BCUT2D eigenvalue weighted by Crippen LogP contribution is -2.54. The van der Waals surface area contributed by atoms with E-state index < -0.39 is 0 Å². The fourth-order valence-corrected chi connectivity index (χ4v) is 3.53. The van der Waals surface area contributed by atoms with E-state index in [0.717, 1.165) is 18.6 Å². The summed E-state index contributed by atoms with van der Waals surface area (Å²) in [6, 6.07) is 4.54. The summed E-state index contributed by atoms with van der Waals surface area (Å²) >= 11 is 7.00. The highest BCUT2D eigenvalue weighted by Crippen LogP contribution is 2.50. The second kappa shape index (κ2) is 4.88. The summed E-state index contributed by atoms with van der Waals surface area (Å²) in [5.74, 6) is 0.463. The summed E-state index contributed by atoms with van der Waals surface area (Å²) < 4.78 is 19.6. The molecule has 0 saturated heterocycles. The second-order valence-electron chi connectivity index (χ2n) is 4.74. The first kappa shape index (κ1) is 13.3. The third-order valence-electron chi connectivity index (χ3n) is 3.80. The van der Waals surface area contributed by atoms with Crippen molar-refractivity contribution in [3.8, 4) is 5.75 Å². The van der Waals surface area contributed by atoms with Crippen molar-refractivity contribution >= 4 is 31.9 Å². The van der Waals surface area contributed by atoms with Gasteiger partial charge in [-0.15, -0.1) is 0 Å². The number of hydrogen-bond donors (Lipinski definition) is 0. The van der Waals surface area contributed by atoms with Crippen LogP contribution in [-0.2, 0) is 0 Å². The fourth-order valence-electron chi connectivity index (χ4n) is 2.12. The molecule has 3 atom stereocenters. The van der Waals surface area contributed by atoms with Gasteiger partial charge in [0.05, 0.1) is 4.47 Å². The van der Waals surface area contributed by atoms with E-state index in [1.807, 2.05) is 0 Å². The van der Waals surface area contributed by atoms with Gasteiger partial charge in [-0.05, 0) is 47.0 Å².